The molecule has 1 aliphatic heterocycles. The first kappa shape index (κ1) is 15.2. The van der Waals surface area contributed by atoms with Crippen LogP contribution >= 0.6 is 0 Å². The SMILES string of the molecule is COCCN1C(=O)C(O)=C(C(C)=O)[C@H]1c1ccccc1F. The second-order valence-electron chi connectivity index (χ2n) is 4.73. The third-order valence-corrected chi connectivity index (χ3v) is 3.42. The molecule has 1 aliphatic rings. The third-order valence-electron chi connectivity index (χ3n) is 3.42. The van der Waals surface area contributed by atoms with Crippen LogP contribution in [0.4, 0.5) is 4.39 Å². The van der Waals surface area contributed by atoms with E-state index in [-0.39, 0.29) is 24.3 Å². The van der Waals surface area contributed by atoms with E-state index in [1.165, 1.54) is 37.1 Å². The van der Waals surface area contributed by atoms with Gasteiger partial charge >= 0.3 is 0 Å². The van der Waals surface area contributed by atoms with Gasteiger partial charge in [0.1, 0.15) is 5.82 Å². The summed E-state index contributed by atoms with van der Waals surface area (Å²) in [6.45, 7) is 1.61. The maximum Gasteiger partial charge on any atom is 0.290 e. The van der Waals surface area contributed by atoms with Crippen LogP contribution in [-0.4, -0.2) is 42.0 Å². The first-order valence-corrected chi connectivity index (χ1v) is 6.47. The van der Waals surface area contributed by atoms with E-state index in [0.29, 0.717) is 0 Å². The Morgan fingerprint density at radius 2 is 2.10 bits per heavy atom. The molecule has 5 nitrogen and oxygen atoms in total. The average Bonchev–Trinajstić information content (AvgIpc) is 2.69. The molecule has 2 rings (SSSR count). The van der Waals surface area contributed by atoms with Gasteiger partial charge in [-0.15, -0.1) is 0 Å². The molecule has 0 saturated carbocycles. The van der Waals surface area contributed by atoms with Crippen molar-refractivity contribution in [3.8, 4) is 0 Å². The molecule has 0 fully saturated rings. The quantitative estimate of drug-likeness (QED) is 0.898. The molecule has 0 radical (unpaired) electrons. The van der Waals surface area contributed by atoms with Crippen LogP contribution in [0.3, 0.4) is 0 Å². The van der Waals surface area contributed by atoms with Crippen molar-refractivity contribution in [2.24, 2.45) is 0 Å². The molecule has 1 amide bonds. The summed E-state index contributed by atoms with van der Waals surface area (Å²) in [5.74, 6) is -2.31. The Labute approximate surface area is 121 Å². The molecular formula is C15H16FNO4. The lowest BCUT2D eigenvalue weighted by molar-refractivity contribution is -0.130. The van der Waals surface area contributed by atoms with Crippen molar-refractivity contribution in [2.45, 2.75) is 13.0 Å². The Morgan fingerprint density at radius 1 is 1.43 bits per heavy atom. The van der Waals surface area contributed by atoms with Crippen molar-refractivity contribution >= 4 is 11.7 Å². The molecular weight excluding hydrogens is 277 g/mol. The van der Waals surface area contributed by atoms with E-state index < -0.39 is 29.3 Å². The fourth-order valence-electron chi connectivity index (χ4n) is 2.45. The predicted octanol–water partition coefficient (Wildman–Crippen LogP) is 1.76. The first-order chi connectivity index (χ1) is 9.99. The van der Waals surface area contributed by atoms with E-state index in [0.717, 1.165) is 0 Å². The number of aliphatic hydroxyl groups excluding tert-OH is 1. The van der Waals surface area contributed by atoms with Gasteiger partial charge in [0.25, 0.3) is 5.91 Å². The molecule has 0 bridgehead atoms. The number of halogens is 1. The van der Waals surface area contributed by atoms with E-state index in [9.17, 15) is 19.1 Å². The monoisotopic (exact) mass is 293 g/mol. The summed E-state index contributed by atoms with van der Waals surface area (Å²) >= 11 is 0. The third kappa shape index (κ3) is 2.67. The average molecular weight is 293 g/mol. The van der Waals surface area contributed by atoms with Crippen LogP contribution in [0.1, 0.15) is 18.5 Å². The van der Waals surface area contributed by atoms with E-state index in [1.54, 1.807) is 6.07 Å². The number of Topliss-reactive ketones (excluding diaryl/α,β-unsaturated/α-hetero) is 1. The van der Waals surface area contributed by atoms with E-state index in [4.69, 9.17) is 4.74 Å². The molecule has 6 heteroatoms. The largest absolute Gasteiger partial charge is 0.503 e. The van der Waals surface area contributed by atoms with Gasteiger partial charge < -0.3 is 14.7 Å². The molecule has 1 atom stereocenters. The molecule has 1 aromatic carbocycles. The van der Waals surface area contributed by atoms with Gasteiger partial charge in [0.05, 0.1) is 18.2 Å². The first-order valence-electron chi connectivity index (χ1n) is 6.47. The fraction of sp³-hybridized carbons (Fsp3) is 0.333. The zero-order chi connectivity index (χ0) is 15.6. The van der Waals surface area contributed by atoms with Crippen molar-refractivity contribution in [1.82, 2.24) is 4.90 Å². The van der Waals surface area contributed by atoms with Gasteiger partial charge in [0.15, 0.2) is 11.5 Å². The molecule has 0 aromatic heterocycles. The van der Waals surface area contributed by atoms with Crippen LogP contribution < -0.4 is 0 Å². The highest BCUT2D eigenvalue weighted by Crippen LogP contribution is 2.38. The topological polar surface area (TPSA) is 66.8 Å². The molecule has 0 saturated heterocycles. The number of ketones is 1. The fourth-order valence-corrected chi connectivity index (χ4v) is 2.45. The molecule has 112 valence electrons. The number of nitrogens with zero attached hydrogens (tertiary/aromatic N) is 1. The Balaban J connectivity index is 2.52. The Kier molecular flexibility index (Phi) is 4.37. The Bertz CT molecular complexity index is 611. The summed E-state index contributed by atoms with van der Waals surface area (Å²) in [6.07, 6.45) is 0. The summed E-state index contributed by atoms with van der Waals surface area (Å²) in [7, 11) is 1.47. The molecule has 0 spiro atoms. The van der Waals surface area contributed by atoms with Gasteiger partial charge in [-0.3, -0.25) is 9.59 Å². The van der Waals surface area contributed by atoms with Crippen molar-refractivity contribution in [2.75, 3.05) is 20.3 Å². The number of benzene rings is 1. The molecule has 0 aliphatic carbocycles. The number of methoxy groups -OCH3 is 1. The van der Waals surface area contributed by atoms with Gasteiger partial charge in [-0.05, 0) is 13.0 Å². The van der Waals surface area contributed by atoms with Crippen LogP contribution in [0.25, 0.3) is 0 Å². The van der Waals surface area contributed by atoms with E-state index in [2.05, 4.69) is 0 Å². The highest BCUT2D eigenvalue weighted by atomic mass is 19.1. The maximum atomic E-state index is 14.0. The minimum Gasteiger partial charge on any atom is -0.503 e. The number of carbonyl (C=O) groups excluding carboxylic acids is 2. The van der Waals surface area contributed by atoms with Gasteiger partial charge in [0, 0.05) is 19.2 Å². The lowest BCUT2D eigenvalue weighted by Crippen LogP contribution is -2.34. The molecule has 1 aromatic rings. The van der Waals surface area contributed by atoms with Crippen molar-refractivity contribution in [3.63, 3.8) is 0 Å². The summed E-state index contributed by atoms with van der Waals surface area (Å²) in [5.41, 5.74) is 0.0948. The smallest absolute Gasteiger partial charge is 0.290 e. The van der Waals surface area contributed by atoms with E-state index in [1.807, 2.05) is 0 Å². The summed E-state index contributed by atoms with van der Waals surface area (Å²) in [5, 5.41) is 9.92. The van der Waals surface area contributed by atoms with E-state index >= 15 is 0 Å². The van der Waals surface area contributed by atoms with Crippen LogP contribution in [0, 0.1) is 5.82 Å². The van der Waals surface area contributed by atoms with Gasteiger partial charge in [-0.25, -0.2) is 4.39 Å². The summed E-state index contributed by atoms with van der Waals surface area (Å²) in [4.78, 5) is 25.1. The predicted molar refractivity (Wildman–Crippen MR) is 73.1 cm³/mol. The molecule has 1 N–H and O–H groups in total. The minimum absolute atomic E-state index is 0.0822. The number of hydrogen-bond acceptors (Lipinski definition) is 4. The number of carbonyl (C=O) groups is 2. The standard InChI is InChI=1S/C15H16FNO4/c1-9(18)12-13(10-5-3-4-6-11(10)16)17(7-8-21-2)15(20)14(12)19/h3-6,13,19H,7-8H2,1-2H3/t13-/m1/s1. The molecule has 21 heavy (non-hydrogen) atoms. The van der Waals surface area contributed by atoms with Gasteiger partial charge in [-0.2, -0.15) is 0 Å². The lowest BCUT2D eigenvalue weighted by atomic mass is 9.96. The second-order valence-corrected chi connectivity index (χ2v) is 4.73. The number of amides is 1. The number of rotatable bonds is 5. The Hall–Kier alpha value is -2.21. The van der Waals surface area contributed by atoms with Crippen LogP contribution in [0.2, 0.25) is 0 Å². The summed E-state index contributed by atoms with van der Waals surface area (Å²) in [6, 6.07) is 4.96. The van der Waals surface area contributed by atoms with Gasteiger partial charge in [-0.1, -0.05) is 18.2 Å². The highest BCUT2D eigenvalue weighted by Gasteiger charge is 2.42. The maximum absolute atomic E-state index is 14.0. The summed E-state index contributed by atoms with van der Waals surface area (Å²) < 4.78 is 19.0. The van der Waals surface area contributed by atoms with Gasteiger partial charge in [0.2, 0.25) is 0 Å². The van der Waals surface area contributed by atoms with Crippen molar-refractivity contribution in [1.29, 1.82) is 0 Å². The minimum atomic E-state index is -0.925. The normalized spacial score (nSPS) is 18.5. The molecule has 1 heterocycles. The zero-order valence-electron chi connectivity index (χ0n) is 11.8. The lowest BCUT2D eigenvalue weighted by Gasteiger charge is -2.26. The Morgan fingerprint density at radius 3 is 2.67 bits per heavy atom. The molecule has 0 unspecified atom stereocenters. The van der Waals surface area contributed by atoms with Crippen molar-refractivity contribution < 1.29 is 23.8 Å². The highest BCUT2D eigenvalue weighted by molar-refractivity contribution is 6.08. The number of hydrogen-bond donors (Lipinski definition) is 1. The van der Waals surface area contributed by atoms with Crippen LogP contribution in [0.15, 0.2) is 35.6 Å². The second kappa shape index (κ2) is 6.05. The van der Waals surface area contributed by atoms with Crippen LogP contribution in [-0.2, 0) is 14.3 Å². The number of ether oxygens (including phenoxy) is 1. The number of aliphatic hydroxyl groups is 1. The zero-order valence-corrected chi connectivity index (χ0v) is 11.8. The van der Waals surface area contributed by atoms with Crippen LogP contribution in [0.5, 0.6) is 0 Å². The van der Waals surface area contributed by atoms with Crippen molar-refractivity contribution in [3.05, 3.63) is 47.0 Å².